The van der Waals surface area contributed by atoms with Crippen molar-refractivity contribution in [2.75, 3.05) is 0 Å². The number of aliphatic carboxylic acids is 1. The van der Waals surface area contributed by atoms with Gasteiger partial charge in [-0.15, -0.1) is 0 Å². The SMILES string of the molecule is O=COC(C(=O)O)c1ccc2oc3ccccc3c2c1. The van der Waals surface area contributed by atoms with E-state index in [4.69, 9.17) is 9.52 Å². The molecule has 0 aliphatic heterocycles. The third kappa shape index (κ3) is 1.89. The molecule has 1 N–H and O–H groups in total. The molecule has 0 bridgehead atoms. The highest BCUT2D eigenvalue weighted by Crippen LogP contribution is 2.31. The first-order chi connectivity index (χ1) is 9.70. The van der Waals surface area contributed by atoms with E-state index in [1.807, 2.05) is 24.3 Å². The van der Waals surface area contributed by atoms with Crippen molar-refractivity contribution in [3.8, 4) is 0 Å². The Bertz CT molecular complexity index is 802. The molecule has 0 saturated heterocycles. The van der Waals surface area contributed by atoms with E-state index in [0.29, 0.717) is 11.1 Å². The number of furan rings is 1. The molecule has 1 aromatic heterocycles. The van der Waals surface area contributed by atoms with Gasteiger partial charge in [-0.25, -0.2) is 4.79 Å². The highest BCUT2D eigenvalue weighted by molar-refractivity contribution is 6.05. The summed E-state index contributed by atoms with van der Waals surface area (Å²) >= 11 is 0. The van der Waals surface area contributed by atoms with Crippen LogP contribution in [0.1, 0.15) is 11.7 Å². The van der Waals surface area contributed by atoms with Crippen molar-refractivity contribution in [3.05, 3.63) is 48.0 Å². The molecule has 0 fully saturated rings. The molecule has 0 spiro atoms. The van der Waals surface area contributed by atoms with E-state index in [2.05, 4.69) is 4.74 Å². The molecule has 5 heteroatoms. The lowest BCUT2D eigenvalue weighted by Crippen LogP contribution is -2.14. The predicted molar refractivity (Wildman–Crippen MR) is 71.2 cm³/mol. The number of carboxylic acids is 1. The van der Waals surface area contributed by atoms with Gasteiger partial charge in [0, 0.05) is 16.3 Å². The first kappa shape index (κ1) is 12.2. The molecule has 5 nitrogen and oxygen atoms in total. The summed E-state index contributed by atoms with van der Waals surface area (Å²) in [6, 6.07) is 12.4. The molecule has 0 amide bonds. The van der Waals surface area contributed by atoms with Gasteiger partial charge in [0.15, 0.2) is 0 Å². The summed E-state index contributed by atoms with van der Waals surface area (Å²) < 4.78 is 10.3. The monoisotopic (exact) mass is 270 g/mol. The van der Waals surface area contributed by atoms with Crippen molar-refractivity contribution >= 4 is 34.4 Å². The number of para-hydroxylation sites is 1. The number of benzene rings is 2. The van der Waals surface area contributed by atoms with Crippen molar-refractivity contribution < 1.29 is 23.8 Å². The fourth-order valence-corrected chi connectivity index (χ4v) is 2.24. The normalized spacial score (nSPS) is 12.4. The molecule has 1 atom stereocenters. The fourth-order valence-electron chi connectivity index (χ4n) is 2.24. The Labute approximate surface area is 113 Å². The van der Waals surface area contributed by atoms with Gasteiger partial charge in [0.1, 0.15) is 11.2 Å². The predicted octanol–water partition coefficient (Wildman–Crippen LogP) is 2.88. The van der Waals surface area contributed by atoms with Crippen LogP contribution < -0.4 is 0 Å². The van der Waals surface area contributed by atoms with Crippen LogP contribution in [-0.4, -0.2) is 17.5 Å². The molecule has 0 saturated carbocycles. The highest BCUT2D eigenvalue weighted by atomic mass is 16.5. The molecule has 1 unspecified atom stereocenters. The maximum Gasteiger partial charge on any atom is 0.349 e. The van der Waals surface area contributed by atoms with Crippen molar-refractivity contribution in [2.24, 2.45) is 0 Å². The van der Waals surface area contributed by atoms with Gasteiger partial charge in [-0.3, -0.25) is 4.79 Å². The van der Waals surface area contributed by atoms with Crippen molar-refractivity contribution in [1.29, 1.82) is 0 Å². The van der Waals surface area contributed by atoms with Gasteiger partial charge in [0.05, 0.1) is 0 Å². The molecule has 0 aliphatic rings. The quantitative estimate of drug-likeness (QED) is 0.737. The van der Waals surface area contributed by atoms with Crippen molar-refractivity contribution in [3.63, 3.8) is 0 Å². The van der Waals surface area contributed by atoms with Gasteiger partial charge >= 0.3 is 5.97 Å². The summed E-state index contributed by atoms with van der Waals surface area (Å²) in [5, 5.41) is 10.8. The number of ether oxygens (including phenoxy) is 1. The molecule has 2 aromatic carbocycles. The van der Waals surface area contributed by atoms with E-state index in [1.54, 1.807) is 18.2 Å². The van der Waals surface area contributed by atoms with E-state index in [-0.39, 0.29) is 6.47 Å². The highest BCUT2D eigenvalue weighted by Gasteiger charge is 2.22. The largest absolute Gasteiger partial charge is 0.478 e. The van der Waals surface area contributed by atoms with Crippen molar-refractivity contribution in [1.82, 2.24) is 0 Å². The molecular weight excluding hydrogens is 260 g/mol. The smallest absolute Gasteiger partial charge is 0.349 e. The number of hydrogen-bond donors (Lipinski definition) is 1. The summed E-state index contributed by atoms with van der Waals surface area (Å²) in [4.78, 5) is 21.5. The maximum absolute atomic E-state index is 11.1. The van der Waals surface area contributed by atoms with Gasteiger partial charge < -0.3 is 14.3 Å². The molecular formula is C15H10O5. The zero-order valence-electron chi connectivity index (χ0n) is 10.3. The van der Waals surface area contributed by atoms with Gasteiger partial charge in [0.2, 0.25) is 6.10 Å². The summed E-state index contributed by atoms with van der Waals surface area (Å²) in [5.41, 5.74) is 1.77. The second-order valence-corrected chi connectivity index (χ2v) is 4.30. The standard InChI is InChI=1S/C15H10O5/c16-8-19-14(15(17)18)9-5-6-13-11(7-9)10-3-1-2-4-12(10)20-13/h1-8,14H,(H,17,18). The minimum Gasteiger partial charge on any atom is -0.478 e. The molecule has 20 heavy (non-hydrogen) atoms. The Hall–Kier alpha value is -2.82. The lowest BCUT2D eigenvalue weighted by molar-refractivity contribution is -0.156. The average molecular weight is 270 g/mol. The molecule has 0 aliphatic carbocycles. The lowest BCUT2D eigenvalue weighted by atomic mass is 10.1. The Morgan fingerprint density at radius 2 is 1.90 bits per heavy atom. The first-order valence-electron chi connectivity index (χ1n) is 5.94. The van der Waals surface area contributed by atoms with E-state index < -0.39 is 12.1 Å². The summed E-state index contributed by atoms with van der Waals surface area (Å²) in [6.07, 6.45) is -1.31. The molecule has 1 heterocycles. The average Bonchev–Trinajstić information content (AvgIpc) is 2.82. The zero-order chi connectivity index (χ0) is 14.1. The number of fused-ring (bicyclic) bond motifs is 3. The number of rotatable bonds is 4. The second kappa shape index (κ2) is 4.70. The zero-order valence-corrected chi connectivity index (χ0v) is 10.3. The topological polar surface area (TPSA) is 76.7 Å². The van der Waals surface area contributed by atoms with E-state index >= 15 is 0 Å². The number of carboxylic acid groups (broad SMARTS) is 1. The Kier molecular flexibility index (Phi) is 2.87. The van der Waals surface area contributed by atoms with Crippen LogP contribution in [0.25, 0.3) is 21.9 Å². The van der Waals surface area contributed by atoms with Gasteiger partial charge in [-0.1, -0.05) is 24.3 Å². The first-order valence-corrected chi connectivity index (χ1v) is 5.94. The van der Waals surface area contributed by atoms with Crippen LogP contribution in [0, 0.1) is 0 Å². The second-order valence-electron chi connectivity index (χ2n) is 4.30. The summed E-state index contributed by atoms with van der Waals surface area (Å²) in [7, 11) is 0. The van der Waals surface area contributed by atoms with Crippen LogP contribution in [0.2, 0.25) is 0 Å². The van der Waals surface area contributed by atoms with Crippen LogP contribution >= 0.6 is 0 Å². The number of carbonyl (C=O) groups excluding carboxylic acids is 1. The minimum atomic E-state index is -1.31. The van der Waals surface area contributed by atoms with Crippen molar-refractivity contribution in [2.45, 2.75) is 6.10 Å². The maximum atomic E-state index is 11.1. The van der Waals surface area contributed by atoms with Crippen LogP contribution in [0.4, 0.5) is 0 Å². The summed E-state index contributed by atoms with van der Waals surface area (Å²) in [6.45, 7) is 0.135. The Balaban J connectivity index is 2.20. The molecule has 100 valence electrons. The molecule has 3 aromatic rings. The summed E-state index contributed by atoms with van der Waals surface area (Å²) in [5.74, 6) is -1.22. The van der Waals surface area contributed by atoms with Crippen LogP contribution in [0.3, 0.4) is 0 Å². The van der Waals surface area contributed by atoms with Gasteiger partial charge in [-0.2, -0.15) is 0 Å². The van der Waals surface area contributed by atoms with Crippen LogP contribution in [0.15, 0.2) is 46.9 Å². The minimum absolute atomic E-state index is 0.135. The van der Waals surface area contributed by atoms with Gasteiger partial charge in [-0.05, 0) is 18.2 Å². The molecule has 0 radical (unpaired) electrons. The van der Waals surface area contributed by atoms with Gasteiger partial charge in [0.25, 0.3) is 6.47 Å². The van der Waals surface area contributed by atoms with Crippen LogP contribution in [-0.2, 0) is 14.3 Å². The lowest BCUT2D eigenvalue weighted by Gasteiger charge is -2.10. The van der Waals surface area contributed by atoms with E-state index in [0.717, 1.165) is 16.4 Å². The number of carbonyl (C=O) groups is 2. The van der Waals surface area contributed by atoms with E-state index in [9.17, 15) is 9.59 Å². The van der Waals surface area contributed by atoms with Crippen LogP contribution in [0.5, 0.6) is 0 Å². The third-order valence-corrected chi connectivity index (χ3v) is 3.12. The Morgan fingerprint density at radius 1 is 1.15 bits per heavy atom. The number of hydrogen-bond acceptors (Lipinski definition) is 4. The van der Waals surface area contributed by atoms with E-state index in [1.165, 1.54) is 0 Å². The molecule has 3 rings (SSSR count). The Morgan fingerprint density at radius 3 is 2.65 bits per heavy atom. The fraction of sp³-hybridized carbons (Fsp3) is 0.0667. The third-order valence-electron chi connectivity index (χ3n) is 3.12.